The van der Waals surface area contributed by atoms with E-state index in [9.17, 15) is 8.42 Å². The van der Waals surface area contributed by atoms with Crippen LogP contribution in [0.1, 0.15) is 52.0 Å². The van der Waals surface area contributed by atoms with Crippen LogP contribution >= 0.6 is 0 Å². The van der Waals surface area contributed by atoms with E-state index in [1.807, 2.05) is 25.3 Å². The van der Waals surface area contributed by atoms with Crippen LogP contribution in [-0.2, 0) is 10.0 Å². The van der Waals surface area contributed by atoms with E-state index in [4.69, 9.17) is 0 Å². The summed E-state index contributed by atoms with van der Waals surface area (Å²) in [6.45, 7) is 9.63. The molecule has 3 saturated carbocycles. The van der Waals surface area contributed by atoms with Gasteiger partial charge in [0.05, 0.1) is 4.90 Å². The maximum atomic E-state index is 13.4. The molecule has 146 valence electrons. The Balaban J connectivity index is 1.57. The van der Waals surface area contributed by atoms with E-state index in [-0.39, 0.29) is 16.2 Å². The van der Waals surface area contributed by atoms with Gasteiger partial charge in [0.2, 0.25) is 0 Å². The van der Waals surface area contributed by atoms with E-state index in [1.165, 1.54) is 25.7 Å². The maximum Gasteiger partial charge on any atom is 0.263 e. The molecule has 0 N–H and O–H groups in total. The quantitative estimate of drug-likeness (QED) is 0.733. The third kappa shape index (κ3) is 2.22. The zero-order chi connectivity index (χ0) is 19.2. The number of hydrogen-bond donors (Lipinski definition) is 0. The summed E-state index contributed by atoms with van der Waals surface area (Å²) < 4.78 is 28.4. The fraction of sp³-hybridized carbons (Fsp3) is 0.652. The molecule has 1 heterocycles. The summed E-state index contributed by atoms with van der Waals surface area (Å²) in [5, 5.41) is 0. The number of aryl methyl sites for hydroxylation is 1. The minimum absolute atomic E-state index is 0.0782. The van der Waals surface area contributed by atoms with E-state index in [2.05, 4.69) is 26.8 Å². The topological polar surface area (TPSA) is 37.4 Å². The van der Waals surface area contributed by atoms with Gasteiger partial charge in [-0.1, -0.05) is 44.5 Å². The molecule has 3 nitrogen and oxygen atoms in total. The third-order valence-corrected chi connectivity index (χ3v) is 9.71. The van der Waals surface area contributed by atoms with Crippen molar-refractivity contribution in [2.75, 3.05) is 6.54 Å². The summed E-state index contributed by atoms with van der Waals surface area (Å²) >= 11 is 0. The van der Waals surface area contributed by atoms with Gasteiger partial charge in [0.15, 0.2) is 0 Å². The Morgan fingerprint density at radius 1 is 1.04 bits per heavy atom. The van der Waals surface area contributed by atoms with Gasteiger partial charge in [-0.25, -0.2) is 8.42 Å². The summed E-state index contributed by atoms with van der Waals surface area (Å²) in [6, 6.07) is 7.27. The van der Waals surface area contributed by atoms with Crippen molar-refractivity contribution >= 4 is 10.0 Å². The standard InChI is InChI=1S/C23H31NO2S/c1-16-5-11-19(12-6-16)27(25,26)24-14-13-22(18-9-10-18)20(17-7-8-17)23(22,15-24)21(2,3)4/h5-6,11-14,17-18,20H,7-10,15H2,1-4H3. The molecule has 0 bridgehead atoms. The van der Waals surface area contributed by atoms with Gasteiger partial charge in [-0.3, -0.25) is 4.31 Å². The predicted octanol–water partition coefficient (Wildman–Crippen LogP) is 4.98. The Labute approximate surface area is 163 Å². The van der Waals surface area contributed by atoms with Gasteiger partial charge in [-0.05, 0) is 67.9 Å². The van der Waals surface area contributed by atoms with Gasteiger partial charge in [0, 0.05) is 23.6 Å². The Hall–Kier alpha value is -1.29. The molecule has 3 unspecified atom stereocenters. The monoisotopic (exact) mass is 385 g/mol. The Bertz CT molecular complexity index is 903. The van der Waals surface area contributed by atoms with Crippen molar-refractivity contribution in [1.82, 2.24) is 4.31 Å². The van der Waals surface area contributed by atoms with Crippen LogP contribution < -0.4 is 0 Å². The van der Waals surface area contributed by atoms with Gasteiger partial charge in [0.25, 0.3) is 10.0 Å². The lowest BCUT2D eigenvalue weighted by molar-refractivity contribution is 0.120. The van der Waals surface area contributed by atoms with Crippen LogP contribution in [0.4, 0.5) is 0 Å². The average molecular weight is 386 g/mol. The molecule has 1 aromatic rings. The van der Waals surface area contributed by atoms with E-state index < -0.39 is 10.0 Å². The molecule has 1 aliphatic heterocycles. The summed E-state index contributed by atoms with van der Waals surface area (Å²) in [4.78, 5) is 0.407. The fourth-order valence-electron chi connectivity index (χ4n) is 6.51. The summed E-state index contributed by atoms with van der Waals surface area (Å²) in [5.74, 6) is 2.23. The van der Waals surface area contributed by atoms with Crippen LogP contribution in [0.5, 0.6) is 0 Å². The maximum absolute atomic E-state index is 13.4. The van der Waals surface area contributed by atoms with Crippen LogP contribution in [0, 0.1) is 40.9 Å². The smallest absolute Gasteiger partial charge is 0.263 e. The minimum atomic E-state index is -3.50. The number of rotatable bonds is 4. The fourth-order valence-corrected chi connectivity index (χ4v) is 7.86. The average Bonchev–Trinajstić information content (AvgIpc) is 3.45. The van der Waals surface area contributed by atoms with Gasteiger partial charge in [-0.15, -0.1) is 0 Å². The van der Waals surface area contributed by atoms with E-state index in [0.29, 0.717) is 17.4 Å². The van der Waals surface area contributed by atoms with Crippen molar-refractivity contribution in [2.45, 2.75) is 58.3 Å². The number of nitrogens with zero attached hydrogens (tertiary/aromatic N) is 1. The molecule has 0 aromatic heterocycles. The van der Waals surface area contributed by atoms with Crippen molar-refractivity contribution in [3.05, 3.63) is 42.1 Å². The first kappa shape index (κ1) is 17.8. The van der Waals surface area contributed by atoms with Crippen molar-refractivity contribution < 1.29 is 8.42 Å². The van der Waals surface area contributed by atoms with Crippen molar-refractivity contribution in [3.8, 4) is 0 Å². The molecule has 5 rings (SSSR count). The Morgan fingerprint density at radius 2 is 1.67 bits per heavy atom. The molecule has 4 aliphatic rings. The van der Waals surface area contributed by atoms with Crippen molar-refractivity contribution in [2.24, 2.45) is 34.0 Å². The summed E-state index contributed by atoms with van der Waals surface area (Å²) in [7, 11) is -3.50. The molecule has 0 saturated heterocycles. The molecule has 0 spiro atoms. The lowest BCUT2D eigenvalue weighted by Gasteiger charge is -2.42. The number of hydrogen-bond acceptors (Lipinski definition) is 2. The van der Waals surface area contributed by atoms with Crippen LogP contribution in [0.25, 0.3) is 0 Å². The second kappa shape index (κ2) is 5.20. The first-order valence-corrected chi connectivity index (χ1v) is 11.9. The minimum Gasteiger partial charge on any atom is -0.273 e. The SMILES string of the molecule is Cc1ccc(S(=O)(=O)N2C=CC3(C4CC4)C(C4CC4)C3(C(C)(C)C)C2)cc1. The highest BCUT2D eigenvalue weighted by molar-refractivity contribution is 7.89. The van der Waals surface area contributed by atoms with Crippen molar-refractivity contribution in [3.63, 3.8) is 0 Å². The molecule has 4 heteroatoms. The number of benzene rings is 1. The predicted molar refractivity (Wildman–Crippen MR) is 107 cm³/mol. The molecule has 3 atom stereocenters. The first-order chi connectivity index (χ1) is 12.6. The molecule has 0 radical (unpaired) electrons. The van der Waals surface area contributed by atoms with Crippen molar-refractivity contribution in [1.29, 1.82) is 0 Å². The lowest BCUT2D eigenvalue weighted by atomic mass is 9.69. The van der Waals surface area contributed by atoms with E-state index in [0.717, 1.165) is 17.4 Å². The lowest BCUT2D eigenvalue weighted by Crippen LogP contribution is -2.44. The third-order valence-electron chi connectivity index (χ3n) is 7.97. The highest BCUT2D eigenvalue weighted by Crippen LogP contribution is 2.87. The Morgan fingerprint density at radius 3 is 2.19 bits per heavy atom. The van der Waals surface area contributed by atoms with Gasteiger partial charge >= 0.3 is 0 Å². The van der Waals surface area contributed by atoms with Gasteiger partial charge in [0.1, 0.15) is 0 Å². The molecule has 1 aromatic carbocycles. The van der Waals surface area contributed by atoms with E-state index >= 15 is 0 Å². The Kier molecular flexibility index (Phi) is 3.42. The number of sulfonamides is 1. The van der Waals surface area contributed by atoms with Crippen LogP contribution in [0.3, 0.4) is 0 Å². The largest absolute Gasteiger partial charge is 0.273 e. The zero-order valence-electron chi connectivity index (χ0n) is 16.9. The second-order valence-corrected chi connectivity index (χ2v) is 12.3. The van der Waals surface area contributed by atoms with Gasteiger partial charge < -0.3 is 0 Å². The summed E-state index contributed by atoms with van der Waals surface area (Å²) in [6.07, 6.45) is 9.53. The number of allylic oxidation sites excluding steroid dienone is 1. The molecule has 0 amide bonds. The van der Waals surface area contributed by atoms with Crippen LogP contribution in [-0.4, -0.2) is 19.3 Å². The second-order valence-electron chi connectivity index (χ2n) is 10.4. The highest BCUT2D eigenvalue weighted by Gasteiger charge is 2.85. The van der Waals surface area contributed by atoms with E-state index in [1.54, 1.807) is 16.4 Å². The van der Waals surface area contributed by atoms with Gasteiger partial charge in [-0.2, -0.15) is 0 Å². The zero-order valence-corrected chi connectivity index (χ0v) is 17.7. The molecular weight excluding hydrogens is 354 g/mol. The van der Waals surface area contributed by atoms with Crippen LogP contribution in [0.15, 0.2) is 41.4 Å². The molecule has 3 fully saturated rings. The molecule has 3 aliphatic carbocycles. The molecule has 27 heavy (non-hydrogen) atoms. The summed E-state index contributed by atoms with van der Waals surface area (Å²) in [5.41, 5.74) is 1.49. The number of fused-ring (bicyclic) bond motifs is 1. The molecular formula is C23H31NO2S. The highest BCUT2D eigenvalue weighted by atomic mass is 32.2. The normalized spacial score (nSPS) is 35.9. The van der Waals surface area contributed by atoms with Crippen LogP contribution in [0.2, 0.25) is 0 Å². The first-order valence-electron chi connectivity index (χ1n) is 10.4.